The maximum absolute atomic E-state index is 11.8. The first-order valence-electron chi connectivity index (χ1n) is 6.18. The van der Waals surface area contributed by atoms with Gasteiger partial charge in [0, 0.05) is 43.7 Å². The smallest absolute Gasteiger partial charge is 0.220 e. The van der Waals surface area contributed by atoms with E-state index in [1.807, 2.05) is 0 Å². The number of nitrogens with one attached hydrogen (secondary N) is 1. The van der Waals surface area contributed by atoms with Crippen LogP contribution in [0, 0.1) is 0 Å². The summed E-state index contributed by atoms with van der Waals surface area (Å²) in [6, 6.07) is 6.74. The zero-order valence-corrected chi connectivity index (χ0v) is 11.7. The minimum Gasteiger partial charge on any atom is -0.385 e. The van der Waals surface area contributed by atoms with Gasteiger partial charge in [0.25, 0.3) is 0 Å². The summed E-state index contributed by atoms with van der Waals surface area (Å²) in [4.78, 5) is 23.3. The lowest BCUT2D eigenvalue weighted by atomic mass is 10.1. The van der Waals surface area contributed by atoms with Crippen molar-refractivity contribution in [1.29, 1.82) is 0 Å². The van der Waals surface area contributed by atoms with Gasteiger partial charge in [-0.15, -0.1) is 0 Å². The van der Waals surface area contributed by atoms with Gasteiger partial charge >= 0.3 is 0 Å². The summed E-state index contributed by atoms with van der Waals surface area (Å²) in [6.45, 7) is 1.18. The molecule has 0 aliphatic rings. The zero-order chi connectivity index (χ0) is 14.1. The standard InChI is InChI=1S/C14H18ClNO3/c1-19-9-3-8-16-14(18)7-6-13(17)11-4-2-5-12(15)10-11/h2,4-5,10H,3,6-9H2,1H3,(H,16,18). The summed E-state index contributed by atoms with van der Waals surface area (Å²) in [5, 5.41) is 3.26. The number of ether oxygens (including phenoxy) is 1. The largest absolute Gasteiger partial charge is 0.385 e. The number of benzene rings is 1. The molecule has 104 valence electrons. The molecule has 0 unspecified atom stereocenters. The van der Waals surface area contributed by atoms with Crippen LogP contribution in [0.5, 0.6) is 0 Å². The van der Waals surface area contributed by atoms with Crippen LogP contribution < -0.4 is 5.32 Å². The van der Waals surface area contributed by atoms with E-state index in [1.54, 1.807) is 31.4 Å². The van der Waals surface area contributed by atoms with Gasteiger partial charge in [0.1, 0.15) is 0 Å². The van der Waals surface area contributed by atoms with Gasteiger partial charge in [0.2, 0.25) is 5.91 Å². The molecule has 1 amide bonds. The van der Waals surface area contributed by atoms with Crippen molar-refractivity contribution in [2.45, 2.75) is 19.3 Å². The van der Waals surface area contributed by atoms with Crippen molar-refractivity contribution in [1.82, 2.24) is 5.32 Å². The van der Waals surface area contributed by atoms with Crippen molar-refractivity contribution >= 4 is 23.3 Å². The van der Waals surface area contributed by atoms with Crippen molar-refractivity contribution in [2.24, 2.45) is 0 Å². The Morgan fingerprint density at radius 2 is 2.11 bits per heavy atom. The highest BCUT2D eigenvalue weighted by Gasteiger charge is 2.09. The molecule has 1 aromatic carbocycles. The highest BCUT2D eigenvalue weighted by Crippen LogP contribution is 2.12. The fourth-order valence-corrected chi connectivity index (χ4v) is 1.76. The van der Waals surface area contributed by atoms with E-state index in [1.165, 1.54) is 0 Å². The van der Waals surface area contributed by atoms with Gasteiger partial charge in [-0.3, -0.25) is 9.59 Å². The molecule has 4 nitrogen and oxygen atoms in total. The van der Waals surface area contributed by atoms with Crippen LogP contribution in [0.3, 0.4) is 0 Å². The molecule has 0 saturated heterocycles. The van der Waals surface area contributed by atoms with Crippen LogP contribution in [0.25, 0.3) is 0 Å². The van der Waals surface area contributed by atoms with Gasteiger partial charge < -0.3 is 10.1 Å². The maximum atomic E-state index is 11.8. The zero-order valence-electron chi connectivity index (χ0n) is 10.9. The highest BCUT2D eigenvalue weighted by atomic mass is 35.5. The Kier molecular flexibility index (Phi) is 7.15. The van der Waals surface area contributed by atoms with Gasteiger partial charge in [-0.2, -0.15) is 0 Å². The number of ketones is 1. The number of hydrogen-bond donors (Lipinski definition) is 1. The molecule has 0 radical (unpaired) electrons. The fourth-order valence-electron chi connectivity index (χ4n) is 1.57. The quantitative estimate of drug-likeness (QED) is 0.589. The van der Waals surface area contributed by atoms with Crippen molar-refractivity contribution in [3.8, 4) is 0 Å². The van der Waals surface area contributed by atoms with Gasteiger partial charge in [0.05, 0.1) is 0 Å². The fraction of sp³-hybridized carbons (Fsp3) is 0.429. The van der Waals surface area contributed by atoms with Crippen LogP contribution in [0.15, 0.2) is 24.3 Å². The van der Waals surface area contributed by atoms with Gasteiger partial charge in [-0.1, -0.05) is 23.7 Å². The molecule has 1 aromatic rings. The molecule has 0 heterocycles. The molecule has 0 spiro atoms. The van der Waals surface area contributed by atoms with Crippen LogP contribution in [0.2, 0.25) is 5.02 Å². The first-order chi connectivity index (χ1) is 9.13. The number of hydrogen-bond acceptors (Lipinski definition) is 3. The lowest BCUT2D eigenvalue weighted by Crippen LogP contribution is -2.25. The van der Waals surface area contributed by atoms with E-state index in [0.29, 0.717) is 23.7 Å². The molecule has 0 aliphatic carbocycles. The van der Waals surface area contributed by atoms with Gasteiger partial charge in [0.15, 0.2) is 5.78 Å². The third-order valence-corrected chi connectivity index (χ3v) is 2.81. The molecule has 0 bridgehead atoms. The number of halogens is 1. The van der Waals surface area contributed by atoms with Crippen molar-refractivity contribution in [3.05, 3.63) is 34.9 Å². The predicted octanol–water partition coefficient (Wildman–Crippen LogP) is 2.46. The first-order valence-corrected chi connectivity index (χ1v) is 6.55. The Bertz CT molecular complexity index is 434. The number of Topliss-reactive ketones (excluding diaryl/α,β-unsaturated/α-hetero) is 1. The third kappa shape index (κ3) is 6.36. The summed E-state index contributed by atoms with van der Waals surface area (Å²) in [5.74, 6) is -0.193. The molecule has 0 aromatic heterocycles. The molecular weight excluding hydrogens is 266 g/mol. The lowest BCUT2D eigenvalue weighted by Gasteiger charge is -2.04. The number of amides is 1. The second-order valence-corrected chi connectivity index (χ2v) is 4.57. The number of methoxy groups -OCH3 is 1. The summed E-state index contributed by atoms with van der Waals surface area (Å²) in [5.41, 5.74) is 0.541. The number of carbonyl (C=O) groups is 2. The van der Waals surface area contributed by atoms with Gasteiger partial charge in [-0.05, 0) is 18.6 Å². The topological polar surface area (TPSA) is 55.4 Å². The van der Waals surface area contributed by atoms with E-state index < -0.39 is 0 Å². The third-order valence-electron chi connectivity index (χ3n) is 2.57. The Labute approximate surface area is 118 Å². The summed E-state index contributed by atoms with van der Waals surface area (Å²) in [7, 11) is 1.62. The maximum Gasteiger partial charge on any atom is 0.220 e. The second-order valence-electron chi connectivity index (χ2n) is 4.13. The molecule has 0 fully saturated rings. The average Bonchev–Trinajstić information content (AvgIpc) is 2.41. The lowest BCUT2D eigenvalue weighted by molar-refractivity contribution is -0.121. The van der Waals surface area contributed by atoms with E-state index in [4.69, 9.17) is 16.3 Å². The normalized spacial score (nSPS) is 10.2. The summed E-state index contributed by atoms with van der Waals surface area (Å²) >= 11 is 5.81. The van der Waals surface area contributed by atoms with E-state index in [2.05, 4.69) is 5.32 Å². The number of carbonyl (C=O) groups excluding carboxylic acids is 2. The van der Waals surface area contributed by atoms with E-state index in [9.17, 15) is 9.59 Å². The van der Waals surface area contributed by atoms with E-state index in [-0.39, 0.29) is 24.5 Å². The van der Waals surface area contributed by atoms with E-state index in [0.717, 1.165) is 6.42 Å². The minimum atomic E-state index is -0.119. The van der Waals surface area contributed by atoms with Crippen molar-refractivity contribution in [2.75, 3.05) is 20.3 Å². The van der Waals surface area contributed by atoms with Crippen LogP contribution in [0.4, 0.5) is 0 Å². The van der Waals surface area contributed by atoms with Crippen LogP contribution in [0.1, 0.15) is 29.6 Å². The first kappa shape index (κ1) is 15.7. The van der Waals surface area contributed by atoms with Crippen LogP contribution >= 0.6 is 11.6 Å². The molecular formula is C14H18ClNO3. The minimum absolute atomic E-state index is 0.0745. The van der Waals surface area contributed by atoms with Crippen molar-refractivity contribution in [3.63, 3.8) is 0 Å². The Morgan fingerprint density at radius 1 is 1.32 bits per heavy atom. The molecule has 0 atom stereocenters. The highest BCUT2D eigenvalue weighted by molar-refractivity contribution is 6.31. The molecule has 1 rings (SSSR count). The van der Waals surface area contributed by atoms with Crippen molar-refractivity contribution < 1.29 is 14.3 Å². The Balaban J connectivity index is 2.28. The second kappa shape index (κ2) is 8.67. The van der Waals surface area contributed by atoms with Gasteiger partial charge in [-0.25, -0.2) is 0 Å². The molecule has 5 heteroatoms. The predicted molar refractivity (Wildman–Crippen MR) is 74.5 cm³/mol. The molecule has 0 aliphatic heterocycles. The van der Waals surface area contributed by atoms with Crippen LogP contribution in [-0.2, 0) is 9.53 Å². The summed E-state index contributed by atoms with van der Waals surface area (Å²) in [6.07, 6.45) is 1.15. The average molecular weight is 284 g/mol. The Hall–Kier alpha value is -1.39. The molecule has 0 saturated carbocycles. The summed E-state index contributed by atoms with van der Waals surface area (Å²) < 4.78 is 4.87. The Morgan fingerprint density at radius 3 is 2.79 bits per heavy atom. The molecule has 19 heavy (non-hydrogen) atoms. The number of rotatable bonds is 8. The van der Waals surface area contributed by atoms with Crippen LogP contribution in [-0.4, -0.2) is 32.0 Å². The van der Waals surface area contributed by atoms with E-state index >= 15 is 0 Å². The SMILES string of the molecule is COCCCNC(=O)CCC(=O)c1cccc(Cl)c1. The monoisotopic (exact) mass is 283 g/mol. The molecule has 1 N–H and O–H groups in total.